The van der Waals surface area contributed by atoms with Gasteiger partial charge in [-0.1, -0.05) is 12.1 Å². The molecule has 1 fully saturated rings. The molecule has 1 aliphatic heterocycles. The van der Waals surface area contributed by atoms with Crippen LogP contribution < -0.4 is 5.32 Å². The number of benzene rings is 1. The Hall–Kier alpha value is -1.38. The van der Waals surface area contributed by atoms with Gasteiger partial charge in [0.2, 0.25) is 0 Å². The quantitative estimate of drug-likeness (QED) is 0.913. The van der Waals surface area contributed by atoms with Crippen LogP contribution in [-0.4, -0.2) is 36.1 Å². The molecule has 1 aromatic carbocycles. The summed E-state index contributed by atoms with van der Waals surface area (Å²) in [5.74, 6) is 0.192. The minimum Gasteiger partial charge on any atom is -0.298 e. The number of anilines is 1. The predicted molar refractivity (Wildman–Crippen MR) is 89.4 cm³/mol. The molecule has 2 aromatic rings. The molecule has 0 spiro atoms. The van der Waals surface area contributed by atoms with Gasteiger partial charge in [0.1, 0.15) is 0 Å². The molecule has 2 heterocycles. The monoisotopic (exact) mass is 354 g/mol. The second-order valence-corrected chi connectivity index (χ2v) is 9.40. The molecule has 5 nitrogen and oxygen atoms in total. The highest BCUT2D eigenvalue weighted by Gasteiger charge is 2.29. The maximum absolute atomic E-state index is 12.4. The first-order chi connectivity index (χ1) is 10.5. The number of carbonyl (C=O) groups excluding carboxylic acids is 1. The lowest BCUT2D eigenvalue weighted by Crippen LogP contribution is -2.14. The van der Waals surface area contributed by atoms with Crippen LogP contribution in [0.3, 0.4) is 0 Å². The van der Waals surface area contributed by atoms with Crippen molar-refractivity contribution in [3.8, 4) is 0 Å². The molecule has 0 saturated carbocycles. The summed E-state index contributed by atoms with van der Waals surface area (Å²) in [7, 11) is -2.92. The van der Waals surface area contributed by atoms with Gasteiger partial charge in [-0.3, -0.25) is 10.1 Å². The number of sulfone groups is 1. The molecule has 1 aromatic heterocycles. The fourth-order valence-corrected chi connectivity index (χ4v) is 6.39. The number of thioether (sulfide) groups is 1. The van der Waals surface area contributed by atoms with Crippen molar-refractivity contribution < 1.29 is 13.2 Å². The van der Waals surface area contributed by atoms with E-state index in [1.807, 2.05) is 12.1 Å². The molecule has 1 N–H and O–H groups in total. The fourth-order valence-electron chi connectivity index (χ4n) is 2.24. The SMILES string of the molecule is O=C(Nc1nccs1)c1ccccc1SC1CCS(=O)(=O)C1. The van der Waals surface area contributed by atoms with E-state index in [4.69, 9.17) is 0 Å². The Morgan fingerprint density at radius 3 is 2.86 bits per heavy atom. The Morgan fingerprint density at radius 2 is 2.18 bits per heavy atom. The maximum Gasteiger partial charge on any atom is 0.258 e. The number of rotatable bonds is 4. The van der Waals surface area contributed by atoms with Gasteiger partial charge < -0.3 is 0 Å². The number of aromatic nitrogens is 1. The highest BCUT2D eigenvalue weighted by molar-refractivity contribution is 8.02. The van der Waals surface area contributed by atoms with Crippen LogP contribution in [0.4, 0.5) is 5.13 Å². The molecule has 1 amide bonds. The van der Waals surface area contributed by atoms with Crippen molar-refractivity contribution >= 4 is 44.0 Å². The van der Waals surface area contributed by atoms with Gasteiger partial charge in [0.05, 0.1) is 17.1 Å². The van der Waals surface area contributed by atoms with Crippen LogP contribution in [0.1, 0.15) is 16.8 Å². The first-order valence-corrected chi connectivity index (χ1v) is 10.3. The topological polar surface area (TPSA) is 76.1 Å². The van der Waals surface area contributed by atoms with Crippen molar-refractivity contribution in [3.05, 3.63) is 41.4 Å². The Balaban J connectivity index is 1.76. The standard InChI is InChI=1S/C14H14N2O3S3/c17-13(16-14-15-6-7-20-14)11-3-1-2-4-12(11)21-10-5-8-22(18,19)9-10/h1-4,6-7,10H,5,8-9H2,(H,15,16,17). The molecule has 1 aliphatic rings. The van der Waals surface area contributed by atoms with Crippen molar-refractivity contribution in [1.82, 2.24) is 4.98 Å². The maximum atomic E-state index is 12.4. The lowest BCUT2D eigenvalue weighted by atomic mass is 10.2. The zero-order valence-electron chi connectivity index (χ0n) is 11.6. The Kier molecular flexibility index (Phi) is 4.51. The van der Waals surface area contributed by atoms with E-state index in [2.05, 4.69) is 10.3 Å². The van der Waals surface area contributed by atoms with Crippen LogP contribution in [0.15, 0.2) is 40.7 Å². The smallest absolute Gasteiger partial charge is 0.258 e. The molecular formula is C14H14N2O3S3. The second-order valence-electron chi connectivity index (χ2n) is 4.93. The molecule has 116 valence electrons. The zero-order chi connectivity index (χ0) is 15.6. The summed E-state index contributed by atoms with van der Waals surface area (Å²) in [6, 6.07) is 7.25. The molecule has 1 saturated heterocycles. The van der Waals surface area contributed by atoms with Gasteiger partial charge in [-0.25, -0.2) is 13.4 Å². The van der Waals surface area contributed by atoms with Gasteiger partial charge in [0, 0.05) is 21.7 Å². The summed E-state index contributed by atoms with van der Waals surface area (Å²) < 4.78 is 23.1. The van der Waals surface area contributed by atoms with E-state index in [1.165, 1.54) is 23.1 Å². The average Bonchev–Trinajstić information content (AvgIpc) is 3.09. The number of thiazole rings is 1. The van der Waals surface area contributed by atoms with Gasteiger partial charge in [-0.2, -0.15) is 0 Å². The zero-order valence-corrected chi connectivity index (χ0v) is 14.0. The van der Waals surface area contributed by atoms with Crippen LogP contribution in [0.2, 0.25) is 0 Å². The van der Waals surface area contributed by atoms with Crippen molar-refractivity contribution in [3.63, 3.8) is 0 Å². The Bertz CT molecular complexity index is 772. The van der Waals surface area contributed by atoms with Crippen molar-refractivity contribution in [2.45, 2.75) is 16.6 Å². The van der Waals surface area contributed by atoms with Crippen molar-refractivity contribution in [2.75, 3.05) is 16.8 Å². The average molecular weight is 354 g/mol. The van der Waals surface area contributed by atoms with Gasteiger partial charge in [-0.05, 0) is 18.6 Å². The largest absolute Gasteiger partial charge is 0.298 e. The minimum absolute atomic E-state index is 0.0128. The van der Waals surface area contributed by atoms with Crippen LogP contribution >= 0.6 is 23.1 Å². The molecule has 0 bridgehead atoms. The van der Waals surface area contributed by atoms with Gasteiger partial charge in [0.25, 0.3) is 5.91 Å². The van der Waals surface area contributed by atoms with E-state index < -0.39 is 9.84 Å². The Labute approximate surface area is 137 Å². The third-order valence-corrected chi connectivity index (χ3v) is 7.28. The van der Waals surface area contributed by atoms with Crippen molar-refractivity contribution in [2.24, 2.45) is 0 Å². The molecule has 3 rings (SSSR count). The van der Waals surface area contributed by atoms with E-state index in [1.54, 1.807) is 23.7 Å². The second kappa shape index (κ2) is 6.39. The summed E-state index contributed by atoms with van der Waals surface area (Å²) in [6.45, 7) is 0. The lowest BCUT2D eigenvalue weighted by molar-refractivity contribution is 0.102. The number of hydrogen-bond acceptors (Lipinski definition) is 6. The number of hydrogen-bond donors (Lipinski definition) is 1. The normalized spacial score (nSPS) is 19.9. The van der Waals surface area contributed by atoms with Crippen molar-refractivity contribution in [1.29, 1.82) is 0 Å². The molecule has 1 unspecified atom stereocenters. The number of carbonyl (C=O) groups is 1. The van der Waals surface area contributed by atoms with E-state index >= 15 is 0 Å². The molecular weight excluding hydrogens is 340 g/mol. The highest BCUT2D eigenvalue weighted by atomic mass is 32.2. The van der Waals surface area contributed by atoms with E-state index in [0.29, 0.717) is 17.1 Å². The highest BCUT2D eigenvalue weighted by Crippen LogP contribution is 2.33. The molecule has 1 atom stereocenters. The summed E-state index contributed by atoms with van der Waals surface area (Å²) in [5.41, 5.74) is 0.548. The number of amides is 1. The van der Waals surface area contributed by atoms with Crippen LogP contribution in [-0.2, 0) is 9.84 Å². The molecule has 0 aliphatic carbocycles. The third-order valence-electron chi connectivity index (χ3n) is 3.27. The molecule has 0 radical (unpaired) electrons. The van der Waals surface area contributed by atoms with Gasteiger partial charge in [0.15, 0.2) is 15.0 Å². The van der Waals surface area contributed by atoms with E-state index in [-0.39, 0.29) is 22.7 Å². The minimum atomic E-state index is -2.92. The first kappa shape index (κ1) is 15.5. The predicted octanol–water partition coefficient (Wildman–Crippen LogP) is 2.67. The summed E-state index contributed by atoms with van der Waals surface area (Å²) >= 11 is 2.82. The first-order valence-electron chi connectivity index (χ1n) is 6.70. The summed E-state index contributed by atoms with van der Waals surface area (Å²) in [5, 5.41) is 5.11. The van der Waals surface area contributed by atoms with E-state index in [9.17, 15) is 13.2 Å². The van der Waals surface area contributed by atoms with Gasteiger partial charge in [-0.15, -0.1) is 23.1 Å². The van der Waals surface area contributed by atoms with Crippen LogP contribution in [0.25, 0.3) is 0 Å². The Morgan fingerprint density at radius 1 is 1.36 bits per heavy atom. The van der Waals surface area contributed by atoms with Crippen LogP contribution in [0.5, 0.6) is 0 Å². The fraction of sp³-hybridized carbons (Fsp3) is 0.286. The summed E-state index contributed by atoms with van der Waals surface area (Å²) in [6.07, 6.45) is 2.26. The van der Waals surface area contributed by atoms with Crippen LogP contribution in [0, 0.1) is 0 Å². The third kappa shape index (κ3) is 3.68. The number of nitrogens with one attached hydrogen (secondary N) is 1. The lowest BCUT2D eigenvalue weighted by Gasteiger charge is -2.11. The summed E-state index contributed by atoms with van der Waals surface area (Å²) in [4.78, 5) is 17.2. The van der Waals surface area contributed by atoms with Gasteiger partial charge >= 0.3 is 0 Å². The molecule has 8 heteroatoms. The molecule has 22 heavy (non-hydrogen) atoms. The van der Waals surface area contributed by atoms with E-state index in [0.717, 1.165) is 4.90 Å². The number of nitrogens with zero attached hydrogens (tertiary/aromatic N) is 1.